The summed E-state index contributed by atoms with van der Waals surface area (Å²) in [4.78, 5) is 0. The van der Waals surface area contributed by atoms with Crippen LogP contribution >= 0.6 is 0 Å². The second-order valence-electron chi connectivity index (χ2n) is 4.78. The Morgan fingerprint density at radius 1 is 0.857 bits per heavy atom. The molecule has 1 nitrogen and oxygen atoms in total. The minimum atomic E-state index is -2.38. The van der Waals surface area contributed by atoms with E-state index < -0.39 is 5.92 Å². The van der Waals surface area contributed by atoms with E-state index in [4.69, 9.17) is 0 Å². The highest BCUT2D eigenvalue weighted by atomic mass is 19.3. The second-order valence-corrected chi connectivity index (χ2v) is 4.78. The number of halogens is 2. The summed E-state index contributed by atoms with van der Waals surface area (Å²) >= 11 is 0. The fourth-order valence-corrected chi connectivity index (χ4v) is 2.63. The summed E-state index contributed by atoms with van der Waals surface area (Å²) < 4.78 is 25.7. The predicted octanol–water partition coefficient (Wildman–Crippen LogP) is 3.10. The van der Waals surface area contributed by atoms with Crippen LogP contribution in [0.3, 0.4) is 0 Å². The lowest BCUT2D eigenvalue weighted by molar-refractivity contribution is -0.0411. The number of alkyl halides is 2. The summed E-state index contributed by atoms with van der Waals surface area (Å²) in [6, 6.07) is 0.976. The minimum absolute atomic E-state index is 0.0807. The van der Waals surface area contributed by atoms with Crippen molar-refractivity contribution in [3.05, 3.63) is 0 Å². The second kappa shape index (κ2) is 4.13. The quantitative estimate of drug-likeness (QED) is 0.727. The third-order valence-electron chi connectivity index (χ3n) is 3.54. The maximum Gasteiger partial charge on any atom is 0.248 e. The molecule has 0 aromatic rings. The van der Waals surface area contributed by atoms with E-state index in [0.717, 1.165) is 0 Å². The Bertz CT molecular complexity index is 178. The summed E-state index contributed by atoms with van der Waals surface area (Å²) in [6.45, 7) is 0. The molecule has 0 aromatic carbocycles. The third-order valence-corrected chi connectivity index (χ3v) is 3.54. The topological polar surface area (TPSA) is 12.0 Å². The van der Waals surface area contributed by atoms with Crippen LogP contribution in [0.4, 0.5) is 8.78 Å². The van der Waals surface area contributed by atoms with Gasteiger partial charge >= 0.3 is 0 Å². The van der Waals surface area contributed by atoms with Crippen LogP contribution < -0.4 is 5.32 Å². The molecule has 0 amide bonds. The van der Waals surface area contributed by atoms with Gasteiger partial charge in [-0.05, 0) is 25.7 Å². The van der Waals surface area contributed by atoms with Crippen molar-refractivity contribution in [3.8, 4) is 0 Å². The van der Waals surface area contributed by atoms with Crippen LogP contribution in [-0.2, 0) is 0 Å². The molecule has 0 spiro atoms. The van der Waals surface area contributed by atoms with Gasteiger partial charge in [0.15, 0.2) is 0 Å². The van der Waals surface area contributed by atoms with Crippen LogP contribution in [0, 0.1) is 0 Å². The first-order valence-corrected chi connectivity index (χ1v) is 5.80. The van der Waals surface area contributed by atoms with E-state index in [9.17, 15) is 8.78 Å². The maximum absolute atomic E-state index is 12.9. The summed E-state index contributed by atoms with van der Waals surface area (Å²) in [6.07, 6.45) is 6.57. The van der Waals surface area contributed by atoms with Gasteiger partial charge < -0.3 is 5.32 Å². The predicted molar refractivity (Wildman–Crippen MR) is 52.6 cm³/mol. The van der Waals surface area contributed by atoms with Crippen LogP contribution in [0.15, 0.2) is 0 Å². The highest BCUT2D eigenvalue weighted by Gasteiger charge is 2.35. The van der Waals surface area contributed by atoms with Gasteiger partial charge in [-0.3, -0.25) is 0 Å². The smallest absolute Gasteiger partial charge is 0.248 e. The van der Waals surface area contributed by atoms with E-state index in [1.807, 2.05) is 0 Å². The Balaban J connectivity index is 1.72. The molecule has 0 saturated heterocycles. The summed E-state index contributed by atoms with van der Waals surface area (Å²) in [7, 11) is 0. The number of hydrogen-bond acceptors (Lipinski definition) is 1. The van der Waals surface area contributed by atoms with Crippen LogP contribution in [0.2, 0.25) is 0 Å². The van der Waals surface area contributed by atoms with Crippen molar-refractivity contribution in [2.75, 3.05) is 0 Å². The molecule has 0 unspecified atom stereocenters. The molecular formula is C11H19F2N. The van der Waals surface area contributed by atoms with E-state index in [0.29, 0.717) is 24.9 Å². The Kier molecular flexibility index (Phi) is 3.05. The van der Waals surface area contributed by atoms with Gasteiger partial charge in [-0.15, -0.1) is 0 Å². The highest BCUT2D eigenvalue weighted by Crippen LogP contribution is 2.33. The standard InChI is InChI=1S/C11H19F2N/c12-11(13)7-5-10(6-8-11)14-9-3-1-2-4-9/h9-10,14H,1-8H2. The van der Waals surface area contributed by atoms with Gasteiger partial charge in [0.2, 0.25) is 5.92 Å². The van der Waals surface area contributed by atoms with Gasteiger partial charge in [0.1, 0.15) is 0 Å². The summed E-state index contributed by atoms with van der Waals surface area (Å²) in [5.74, 6) is -2.38. The lowest BCUT2D eigenvalue weighted by Gasteiger charge is -2.30. The van der Waals surface area contributed by atoms with Crippen molar-refractivity contribution in [2.45, 2.75) is 69.4 Å². The maximum atomic E-state index is 12.9. The molecule has 2 fully saturated rings. The van der Waals surface area contributed by atoms with Crippen molar-refractivity contribution in [1.82, 2.24) is 5.32 Å². The van der Waals surface area contributed by atoms with Crippen molar-refractivity contribution < 1.29 is 8.78 Å². The van der Waals surface area contributed by atoms with E-state index in [1.54, 1.807) is 0 Å². The van der Waals surface area contributed by atoms with Crippen LogP contribution in [0.25, 0.3) is 0 Å². The third kappa shape index (κ3) is 2.66. The normalized spacial score (nSPS) is 29.6. The monoisotopic (exact) mass is 203 g/mol. The summed E-state index contributed by atoms with van der Waals surface area (Å²) in [5.41, 5.74) is 0. The average molecular weight is 203 g/mol. The molecule has 0 radical (unpaired) electrons. The zero-order chi connectivity index (χ0) is 10.0. The van der Waals surface area contributed by atoms with Crippen LogP contribution in [-0.4, -0.2) is 18.0 Å². The molecule has 0 heterocycles. The molecule has 14 heavy (non-hydrogen) atoms. The van der Waals surface area contributed by atoms with Gasteiger partial charge in [-0.1, -0.05) is 12.8 Å². The Morgan fingerprint density at radius 3 is 1.93 bits per heavy atom. The Hall–Kier alpha value is -0.180. The Morgan fingerprint density at radius 2 is 1.36 bits per heavy atom. The lowest BCUT2D eigenvalue weighted by Crippen LogP contribution is -2.41. The van der Waals surface area contributed by atoms with E-state index >= 15 is 0 Å². The van der Waals surface area contributed by atoms with Crippen molar-refractivity contribution in [2.24, 2.45) is 0 Å². The molecule has 0 aliphatic heterocycles. The zero-order valence-electron chi connectivity index (χ0n) is 8.57. The van der Waals surface area contributed by atoms with Crippen LogP contribution in [0.5, 0.6) is 0 Å². The van der Waals surface area contributed by atoms with Gasteiger partial charge in [-0.25, -0.2) is 8.78 Å². The molecule has 0 atom stereocenters. The minimum Gasteiger partial charge on any atom is -0.311 e. The number of hydrogen-bond donors (Lipinski definition) is 1. The van der Waals surface area contributed by atoms with Crippen molar-refractivity contribution in [3.63, 3.8) is 0 Å². The number of nitrogens with one attached hydrogen (secondary N) is 1. The van der Waals surface area contributed by atoms with Gasteiger partial charge in [-0.2, -0.15) is 0 Å². The average Bonchev–Trinajstić information content (AvgIpc) is 2.61. The van der Waals surface area contributed by atoms with Gasteiger partial charge in [0.25, 0.3) is 0 Å². The molecule has 2 saturated carbocycles. The van der Waals surface area contributed by atoms with Crippen molar-refractivity contribution in [1.29, 1.82) is 0 Å². The molecular weight excluding hydrogens is 184 g/mol. The van der Waals surface area contributed by atoms with E-state index in [-0.39, 0.29) is 12.8 Å². The fraction of sp³-hybridized carbons (Fsp3) is 1.00. The van der Waals surface area contributed by atoms with Crippen LogP contribution in [0.1, 0.15) is 51.4 Å². The first kappa shape index (κ1) is 10.3. The molecule has 82 valence electrons. The largest absolute Gasteiger partial charge is 0.311 e. The first-order valence-electron chi connectivity index (χ1n) is 5.80. The molecule has 1 N–H and O–H groups in total. The van der Waals surface area contributed by atoms with Crippen molar-refractivity contribution >= 4 is 0 Å². The van der Waals surface area contributed by atoms with Gasteiger partial charge in [0.05, 0.1) is 0 Å². The fourth-order valence-electron chi connectivity index (χ4n) is 2.63. The molecule has 2 aliphatic carbocycles. The molecule has 3 heteroatoms. The lowest BCUT2D eigenvalue weighted by atomic mass is 9.91. The van der Waals surface area contributed by atoms with Gasteiger partial charge in [0, 0.05) is 24.9 Å². The summed E-state index contributed by atoms with van der Waals surface area (Å²) in [5, 5.41) is 3.52. The van der Waals surface area contributed by atoms with E-state index in [1.165, 1.54) is 25.7 Å². The molecule has 0 aromatic heterocycles. The van der Waals surface area contributed by atoms with E-state index in [2.05, 4.69) is 5.32 Å². The molecule has 0 bridgehead atoms. The zero-order valence-corrected chi connectivity index (χ0v) is 8.57. The SMILES string of the molecule is FC1(F)CCC(NC2CCCC2)CC1. The number of rotatable bonds is 2. The Labute approximate surface area is 84.3 Å². The highest BCUT2D eigenvalue weighted by molar-refractivity contribution is 4.85. The first-order chi connectivity index (χ1) is 6.66. The molecule has 2 rings (SSSR count). The molecule has 2 aliphatic rings.